The number of fused-ring (bicyclic) bond motifs is 15. The van der Waals surface area contributed by atoms with Crippen molar-refractivity contribution in [1.29, 1.82) is 0 Å². The van der Waals surface area contributed by atoms with Crippen LogP contribution in [0.15, 0.2) is 158 Å². The second-order valence-electron chi connectivity index (χ2n) is 15.2. The third-order valence-corrected chi connectivity index (χ3v) is 13.5. The number of aryl methyl sites for hydroxylation is 1. The van der Waals surface area contributed by atoms with Crippen molar-refractivity contribution in [2.24, 2.45) is 0 Å². The molecule has 4 aromatic heterocycles. The maximum atomic E-state index is 5.60. The molecule has 55 heavy (non-hydrogen) atoms. The third kappa shape index (κ3) is 4.09. The first-order chi connectivity index (χ1) is 27.3. The predicted molar refractivity (Wildman–Crippen MR) is 232 cm³/mol. The first-order valence-electron chi connectivity index (χ1n) is 19.2. The largest absolute Gasteiger partial charge is 0.308 e. The molecule has 4 heteroatoms. The van der Waals surface area contributed by atoms with Crippen molar-refractivity contribution in [2.45, 2.75) is 18.8 Å². The number of hydrogen-bond donors (Lipinski definition) is 0. The average Bonchev–Trinajstić information content (AvgIpc) is 3.85. The highest BCUT2D eigenvalue weighted by atomic mass is 32.1. The van der Waals surface area contributed by atoms with Gasteiger partial charge in [-0.25, -0.2) is 9.97 Å². The van der Waals surface area contributed by atoms with Gasteiger partial charge in [-0.3, -0.25) is 0 Å². The van der Waals surface area contributed by atoms with E-state index < -0.39 is 0 Å². The van der Waals surface area contributed by atoms with Gasteiger partial charge in [0.25, 0.3) is 0 Å². The van der Waals surface area contributed by atoms with E-state index in [-0.39, 0.29) is 5.92 Å². The third-order valence-electron chi connectivity index (χ3n) is 12.3. The minimum absolute atomic E-state index is 0.0220. The van der Waals surface area contributed by atoms with Crippen LogP contribution >= 0.6 is 11.3 Å². The van der Waals surface area contributed by atoms with Crippen LogP contribution in [0, 0.1) is 0 Å². The summed E-state index contributed by atoms with van der Waals surface area (Å²) >= 11 is 1.80. The predicted octanol–water partition coefficient (Wildman–Crippen LogP) is 13.7. The smallest absolute Gasteiger partial charge is 0.137 e. The van der Waals surface area contributed by atoms with Crippen molar-refractivity contribution in [3.05, 3.63) is 175 Å². The van der Waals surface area contributed by atoms with Crippen LogP contribution in [0.5, 0.6) is 0 Å². The van der Waals surface area contributed by atoms with Crippen molar-refractivity contribution in [3.8, 4) is 22.4 Å². The molecule has 0 fully saturated rings. The Balaban J connectivity index is 1.10. The van der Waals surface area contributed by atoms with Gasteiger partial charge in [0.2, 0.25) is 0 Å². The summed E-state index contributed by atoms with van der Waals surface area (Å²) in [5.74, 6) is 0.926. The summed E-state index contributed by atoms with van der Waals surface area (Å²) < 4.78 is 4.92. The van der Waals surface area contributed by atoms with Crippen LogP contribution in [0.2, 0.25) is 0 Å². The SMILES string of the molecule is c1ccc2c(c1)-c1c(cc3c4ccccc4n4c5cc6ccccc6cc5c1c34)CCC2c1nc(-c2ccc3ccccc3c2)c2sc3ccccc3c2n1. The van der Waals surface area contributed by atoms with Crippen LogP contribution in [0.4, 0.5) is 0 Å². The Bertz CT molecular complexity index is 3570. The molecular formula is C51H31N3S. The van der Waals surface area contributed by atoms with Crippen molar-refractivity contribution < 1.29 is 0 Å². The molecule has 0 N–H and O–H groups in total. The van der Waals surface area contributed by atoms with Gasteiger partial charge in [-0.1, -0.05) is 121 Å². The first kappa shape index (κ1) is 29.8. The van der Waals surface area contributed by atoms with E-state index in [4.69, 9.17) is 9.97 Å². The van der Waals surface area contributed by atoms with Gasteiger partial charge < -0.3 is 4.40 Å². The lowest BCUT2D eigenvalue weighted by atomic mass is 9.88. The molecule has 8 aromatic carbocycles. The van der Waals surface area contributed by atoms with Gasteiger partial charge in [-0.05, 0) is 93.0 Å². The number of rotatable bonds is 2. The van der Waals surface area contributed by atoms with E-state index in [0.29, 0.717) is 0 Å². The second-order valence-corrected chi connectivity index (χ2v) is 16.2. The number of hydrogen-bond acceptors (Lipinski definition) is 3. The second kappa shape index (κ2) is 11.0. The van der Waals surface area contributed by atoms with E-state index in [0.717, 1.165) is 40.1 Å². The van der Waals surface area contributed by atoms with Crippen molar-refractivity contribution in [2.75, 3.05) is 0 Å². The fraction of sp³-hybridized carbons (Fsp3) is 0.0588. The summed E-state index contributed by atoms with van der Waals surface area (Å²) in [6.07, 6.45) is 1.85. The van der Waals surface area contributed by atoms with Gasteiger partial charge in [0, 0.05) is 43.1 Å². The minimum atomic E-state index is 0.0220. The number of aromatic nitrogens is 3. The van der Waals surface area contributed by atoms with E-state index in [2.05, 4.69) is 162 Å². The zero-order valence-corrected chi connectivity index (χ0v) is 30.6. The Kier molecular flexibility index (Phi) is 5.94. The lowest BCUT2D eigenvalue weighted by molar-refractivity contribution is 0.685. The van der Waals surface area contributed by atoms with E-state index in [1.807, 2.05) is 0 Å². The Morgan fingerprint density at radius 3 is 2.18 bits per heavy atom. The summed E-state index contributed by atoms with van der Waals surface area (Å²) in [5, 5.41) is 11.5. The van der Waals surface area contributed by atoms with Crippen LogP contribution in [-0.2, 0) is 6.42 Å². The monoisotopic (exact) mass is 717 g/mol. The molecule has 0 amide bonds. The van der Waals surface area contributed by atoms with Gasteiger partial charge >= 0.3 is 0 Å². The molecule has 0 radical (unpaired) electrons. The lowest BCUT2D eigenvalue weighted by Gasteiger charge is -2.18. The zero-order valence-electron chi connectivity index (χ0n) is 29.8. The van der Waals surface area contributed by atoms with Crippen molar-refractivity contribution >= 4 is 91.3 Å². The molecule has 0 saturated heterocycles. The molecule has 1 unspecified atom stereocenters. The van der Waals surface area contributed by atoms with E-state index in [1.165, 1.54) is 92.0 Å². The number of nitrogens with zero attached hydrogens (tertiary/aromatic N) is 3. The summed E-state index contributed by atoms with van der Waals surface area (Å²) in [6.45, 7) is 0. The zero-order chi connectivity index (χ0) is 35.8. The highest BCUT2D eigenvalue weighted by Gasteiger charge is 2.31. The standard InChI is InChI=1S/C51H31N3S/c1-2-12-30-25-34(22-21-29(30)11-1)47-50-48(39-18-8-10-20-44(39)55-50)53-51(52-47)38-24-23-33-27-40-36-16-7-9-19-42(36)54-43-28-32-14-4-3-13-31(32)26-41(43)46(49(40)54)45(33)37-17-6-5-15-35(37)38/h1-22,25-28,38H,23-24H2. The molecule has 13 rings (SSSR count). The fourth-order valence-corrected chi connectivity index (χ4v) is 11.0. The van der Waals surface area contributed by atoms with E-state index in [9.17, 15) is 0 Å². The molecule has 0 saturated carbocycles. The summed E-state index contributed by atoms with van der Waals surface area (Å²) in [5.41, 5.74) is 12.4. The summed E-state index contributed by atoms with van der Waals surface area (Å²) in [4.78, 5) is 11.1. The maximum absolute atomic E-state index is 5.60. The summed E-state index contributed by atoms with van der Waals surface area (Å²) in [7, 11) is 0. The van der Waals surface area contributed by atoms with Gasteiger partial charge in [0.05, 0.1) is 32.5 Å². The van der Waals surface area contributed by atoms with Crippen molar-refractivity contribution in [1.82, 2.24) is 14.4 Å². The Labute approximate surface area is 320 Å². The number of para-hydroxylation sites is 1. The van der Waals surface area contributed by atoms with Gasteiger partial charge in [-0.15, -0.1) is 11.3 Å². The van der Waals surface area contributed by atoms with Gasteiger partial charge in [0.15, 0.2) is 0 Å². The van der Waals surface area contributed by atoms with Gasteiger partial charge in [-0.2, -0.15) is 0 Å². The van der Waals surface area contributed by atoms with Gasteiger partial charge in [0.1, 0.15) is 5.82 Å². The number of thiophene rings is 1. The van der Waals surface area contributed by atoms with E-state index >= 15 is 0 Å². The summed E-state index contributed by atoms with van der Waals surface area (Å²) in [6, 6.07) is 58.2. The van der Waals surface area contributed by atoms with E-state index in [1.54, 1.807) is 11.3 Å². The normalized spacial score (nSPS) is 14.6. The molecule has 12 aromatic rings. The quantitative estimate of drug-likeness (QED) is 0.178. The maximum Gasteiger partial charge on any atom is 0.137 e. The van der Waals surface area contributed by atoms with Crippen LogP contribution in [0.25, 0.3) is 102 Å². The molecule has 0 aliphatic heterocycles. The molecule has 3 nitrogen and oxygen atoms in total. The van der Waals surface area contributed by atoms with Crippen LogP contribution < -0.4 is 0 Å². The molecule has 1 atom stereocenters. The van der Waals surface area contributed by atoms with Crippen LogP contribution in [0.3, 0.4) is 0 Å². The average molecular weight is 718 g/mol. The Hall–Kier alpha value is -6.62. The Morgan fingerprint density at radius 1 is 0.564 bits per heavy atom. The lowest BCUT2D eigenvalue weighted by Crippen LogP contribution is -2.08. The molecule has 1 aliphatic carbocycles. The first-order valence-corrected chi connectivity index (χ1v) is 20.0. The minimum Gasteiger partial charge on any atom is -0.308 e. The fourth-order valence-electron chi connectivity index (χ4n) is 9.86. The molecule has 0 spiro atoms. The molecule has 256 valence electrons. The molecule has 4 heterocycles. The number of benzene rings is 8. The highest BCUT2D eigenvalue weighted by Crippen LogP contribution is 2.51. The van der Waals surface area contributed by atoms with Crippen LogP contribution in [0.1, 0.15) is 29.3 Å². The topological polar surface area (TPSA) is 30.2 Å². The molecule has 1 aliphatic rings. The van der Waals surface area contributed by atoms with Crippen LogP contribution in [-0.4, -0.2) is 14.4 Å². The Morgan fingerprint density at radius 2 is 1.29 bits per heavy atom. The van der Waals surface area contributed by atoms with Crippen molar-refractivity contribution in [3.63, 3.8) is 0 Å². The molecule has 0 bridgehead atoms. The highest BCUT2D eigenvalue weighted by molar-refractivity contribution is 7.26. The molecular weight excluding hydrogens is 687 g/mol.